The van der Waals surface area contributed by atoms with Crippen molar-refractivity contribution in [3.63, 3.8) is 0 Å². The Morgan fingerprint density at radius 3 is 2.36 bits per heavy atom. The number of hydrogen-bond acceptors (Lipinski definition) is 6. The Bertz CT molecular complexity index is 704. The van der Waals surface area contributed by atoms with Gasteiger partial charge in [-0.15, -0.1) is 0 Å². The quantitative estimate of drug-likeness (QED) is 0.842. The van der Waals surface area contributed by atoms with Crippen LogP contribution in [0.1, 0.15) is 10.5 Å². The number of rotatable bonds is 3. The van der Waals surface area contributed by atoms with Gasteiger partial charge in [0, 0.05) is 51.0 Å². The molecule has 4 rings (SSSR count). The number of aromatic nitrogens is 1. The lowest BCUT2D eigenvalue weighted by atomic mass is 10.2. The molecule has 0 unspecified atom stereocenters. The second kappa shape index (κ2) is 7.14. The summed E-state index contributed by atoms with van der Waals surface area (Å²) in [6.45, 7) is 5.89. The zero-order valence-corrected chi connectivity index (χ0v) is 14.1. The van der Waals surface area contributed by atoms with E-state index in [0.717, 1.165) is 26.2 Å². The van der Waals surface area contributed by atoms with E-state index in [-0.39, 0.29) is 5.91 Å². The largest absolute Gasteiger partial charge is 0.378 e. The van der Waals surface area contributed by atoms with Crippen molar-refractivity contribution in [3.8, 4) is 0 Å². The molecule has 1 aromatic heterocycles. The highest BCUT2D eigenvalue weighted by Gasteiger charge is 2.26. The van der Waals surface area contributed by atoms with Gasteiger partial charge in [-0.1, -0.05) is 23.4 Å². The first-order valence-corrected chi connectivity index (χ1v) is 8.70. The SMILES string of the molecule is O=C(c1cc(N2CCOCC2)on1)N1CCN(c2ccccc2)CC1. The summed E-state index contributed by atoms with van der Waals surface area (Å²) in [5, 5.41) is 3.98. The van der Waals surface area contributed by atoms with Gasteiger partial charge >= 0.3 is 0 Å². The average molecular weight is 342 g/mol. The van der Waals surface area contributed by atoms with Crippen LogP contribution in [0.4, 0.5) is 11.6 Å². The van der Waals surface area contributed by atoms with Crippen molar-refractivity contribution in [2.75, 3.05) is 62.3 Å². The molecule has 132 valence electrons. The van der Waals surface area contributed by atoms with Crippen molar-refractivity contribution in [1.82, 2.24) is 10.1 Å². The molecule has 0 aliphatic carbocycles. The summed E-state index contributed by atoms with van der Waals surface area (Å²) in [5.41, 5.74) is 1.58. The number of piperazine rings is 1. The van der Waals surface area contributed by atoms with Crippen molar-refractivity contribution in [2.45, 2.75) is 0 Å². The van der Waals surface area contributed by atoms with E-state index in [9.17, 15) is 4.79 Å². The van der Waals surface area contributed by atoms with E-state index in [0.29, 0.717) is 37.9 Å². The smallest absolute Gasteiger partial charge is 0.276 e. The second-order valence-corrected chi connectivity index (χ2v) is 6.26. The minimum Gasteiger partial charge on any atom is -0.378 e. The lowest BCUT2D eigenvalue weighted by Crippen LogP contribution is -2.48. The first kappa shape index (κ1) is 16.0. The van der Waals surface area contributed by atoms with Gasteiger partial charge in [0.05, 0.1) is 13.2 Å². The van der Waals surface area contributed by atoms with Crippen molar-refractivity contribution in [1.29, 1.82) is 0 Å². The van der Waals surface area contributed by atoms with Gasteiger partial charge in [-0.05, 0) is 12.1 Å². The molecule has 7 heteroatoms. The van der Waals surface area contributed by atoms with Gasteiger partial charge in [0.2, 0.25) is 5.88 Å². The summed E-state index contributed by atoms with van der Waals surface area (Å²) in [6, 6.07) is 12.0. The standard InChI is InChI=1S/C18H22N4O3/c23-18(16-14-17(25-19-16)21-10-12-24-13-11-21)22-8-6-20(7-9-22)15-4-2-1-3-5-15/h1-5,14H,6-13H2. The fourth-order valence-corrected chi connectivity index (χ4v) is 3.27. The number of hydrogen-bond donors (Lipinski definition) is 0. The van der Waals surface area contributed by atoms with E-state index in [2.05, 4.69) is 27.1 Å². The summed E-state index contributed by atoms with van der Waals surface area (Å²) in [6.07, 6.45) is 0. The van der Waals surface area contributed by atoms with Crippen LogP contribution in [0.3, 0.4) is 0 Å². The van der Waals surface area contributed by atoms with E-state index in [1.54, 1.807) is 6.07 Å². The van der Waals surface area contributed by atoms with Gasteiger partial charge in [0.15, 0.2) is 5.69 Å². The second-order valence-electron chi connectivity index (χ2n) is 6.26. The summed E-state index contributed by atoms with van der Waals surface area (Å²) < 4.78 is 10.7. The number of carbonyl (C=O) groups excluding carboxylic acids is 1. The van der Waals surface area contributed by atoms with Gasteiger partial charge in [0.1, 0.15) is 0 Å². The van der Waals surface area contributed by atoms with Crippen LogP contribution in [0, 0.1) is 0 Å². The van der Waals surface area contributed by atoms with Crippen LogP contribution < -0.4 is 9.80 Å². The maximum absolute atomic E-state index is 12.7. The topological polar surface area (TPSA) is 62.1 Å². The molecule has 0 atom stereocenters. The normalized spacial score (nSPS) is 18.5. The highest BCUT2D eigenvalue weighted by atomic mass is 16.5. The van der Waals surface area contributed by atoms with Crippen LogP contribution in [0.15, 0.2) is 40.9 Å². The molecule has 1 aromatic carbocycles. The van der Waals surface area contributed by atoms with Crippen LogP contribution in [-0.2, 0) is 4.74 Å². The van der Waals surface area contributed by atoms with Gasteiger partial charge in [-0.2, -0.15) is 0 Å². The Hall–Kier alpha value is -2.54. The van der Waals surface area contributed by atoms with Gasteiger partial charge in [-0.25, -0.2) is 0 Å². The zero-order valence-electron chi connectivity index (χ0n) is 14.1. The predicted octanol–water partition coefficient (Wildman–Crippen LogP) is 1.47. The van der Waals surface area contributed by atoms with Crippen LogP contribution in [0.2, 0.25) is 0 Å². The van der Waals surface area contributed by atoms with E-state index in [1.165, 1.54) is 5.69 Å². The van der Waals surface area contributed by atoms with E-state index >= 15 is 0 Å². The number of para-hydroxylation sites is 1. The molecule has 0 spiro atoms. The number of amides is 1. The van der Waals surface area contributed by atoms with Crippen molar-refractivity contribution in [2.24, 2.45) is 0 Å². The molecule has 2 saturated heterocycles. The summed E-state index contributed by atoms with van der Waals surface area (Å²) in [7, 11) is 0. The lowest BCUT2D eigenvalue weighted by molar-refractivity contribution is 0.0736. The molecular formula is C18H22N4O3. The first-order chi connectivity index (χ1) is 12.3. The monoisotopic (exact) mass is 342 g/mol. The highest BCUT2D eigenvalue weighted by Crippen LogP contribution is 2.20. The number of carbonyl (C=O) groups is 1. The molecule has 1 amide bonds. The van der Waals surface area contributed by atoms with Crippen molar-refractivity contribution in [3.05, 3.63) is 42.1 Å². The van der Waals surface area contributed by atoms with Crippen LogP contribution in [-0.4, -0.2) is 68.4 Å². The molecule has 2 fully saturated rings. The molecule has 25 heavy (non-hydrogen) atoms. The summed E-state index contributed by atoms with van der Waals surface area (Å²) >= 11 is 0. The Kier molecular flexibility index (Phi) is 4.56. The van der Waals surface area contributed by atoms with Crippen LogP contribution in [0.5, 0.6) is 0 Å². The lowest BCUT2D eigenvalue weighted by Gasteiger charge is -2.35. The maximum Gasteiger partial charge on any atom is 0.276 e. The third-order valence-corrected chi connectivity index (χ3v) is 4.73. The maximum atomic E-state index is 12.7. The minimum absolute atomic E-state index is 0.0593. The summed E-state index contributed by atoms with van der Waals surface area (Å²) in [5.74, 6) is 0.588. The van der Waals surface area contributed by atoms with Crippen LogP contribution in [0.25, 0.3) is 0 Å². The van der Waals surface area contributed by atoms with Gasteiger partial charge in [0.25, 0.3) is 5.91 Å². The third kappa shape index (κ3) is 3.46. The molecular weight excluding hydrogens is 320 g/mol. The molecule has 2 aliphatic rings. The molecule has 0 bridgehead atoms. The molecule has 7 nitrogen and oxygen atoms in total. The number of morpholine rings is 1. The number of nitrogens with zero attached hydrogens (tertiary/aromatic N) is 4. The highest BCUT2D eigenvalue weighted by molar-refractivity contribution is 5.93. The minimum atomic E-state index is -0.0593. The fraction of sp³-hybridized carbons (Fsp3) is 0.444. The Labute approximate surface area is 146 Å². The Morgan fingerprint density at radius 2 is 1.64 bits per heavy atom. The molecule has 2 aliphatic heterocycles. The molecule has 3 heterocycles. The fourth-order valence-electron chi connectivity index (χ4n) is 3.27. The average Bonchev–Trinajstić information content (AvgIpc) is 3.19. The van der Waals surface area contributed by atoms with E-state index in [1.807, 2.05) is 23.1 Å². The molecule has 2 aromatic rings. The van der Waals surface area contributed by atoms with E-state index in [4.69, 9.17) is 9.26 Å². The van der Waals surface area contributed by atoms with Crippen molar-refractivity contribution >= 4 is 17.5 Å². The third-order valence-electron chi connectivity index (χ3n) is 4.73. The van der Waals surface area contributed by atoms with Crippen LogP contribution >= 0.6 is 0 Å². The molecule has 0 saturated carbocycles. The van der Waals surface area contributed by atoms with E-state index < -0.39 is 0 Å². The number of ether oxygens (including phenoxy) is 1. The molecule has 0 N–H and O–H groups in total. The van der Waals surface area contributed by atoms with Gasteiger partial charge < -0.3 is 24.0 Å². The first-order valence-electron chi connectivity index (χ1n) is 8.70. The van der Waals surface area contributed by atoms with Gasteiger partial charge in [-0.3, -0.25) is 4.79 Å². The molecule has 0 radical (unpaired) electrons. The number of benzene rings is 1. The Balaban J connectivity index is 1.37. The van der Waals surface area contributed by atoms with Crippen molar-refractivity contribution < 1.29 is 14.1 Å². The zero-order chi connectivity index (χ0) is 17.1. The number of anilines is 2. The Morgan fingerprint density at radius 1 is 0.920 bits per heavy atom. The predicted molar refractivity (Wildman–Crippen MR) is 94.1 cm³/mol. The summed E-state index contributed by atoms with van der Waals surface area (Å²) in [4.78, 5) is 18.9.